The van der Waals surface area contributed by atoms with Crippen molar-refractivity contribution < 1.29 is 4.74 Å². The molecule has 82 valence electrons. The molecule has 0 aliphatic rings. The molecule has 0 unspecified atom stereocenters. The zero-order chi connectivity index (χ0) is 10.9. The molecule has 0 heterocycles. The van der Waals surface area contributed by atoms with Crippen LogP contribution in [-0.2, 0) is 5.75 Å². The van der Waals surface area contributed by atoms with Crippen molar-refractivity contribution in [2.24, 2.45) is 0 Å². The molecule has 0 saturated carbocycles. The Bertz CT molecular complexity index is 279. The first kappa shape index (κ1) is 12.2. The zero-order valence-electron chi connectivity index (χ0n) is 9.24. The van der Waals surface area contributed by atoms with Crippen molar-refractivity contribution in [3.8, 4) is 5.75 Å². The van der Waals surface area contributed by atoms with Crippen LogP contribution in [0.15, 0.2) is 36.9 Å². The second-order valence-corrected chi connectivity index (χ2v) is 4.44. The smallest absolute Gasteiger partial charge is 0.118 e. The Morgan fingerprint density at radius 3 is 2.67 bits per heavy atom. The maximum absolute atomic E-state index is 5.11. The molecule has 1 nitrogen and oxygen atoms in total. The largest absolute Gasteiger partial charge is 0.497 e. The molecule has 1 rings (SSSR count). The number of hydrogen-bond acceptors (Lipinski definition) is 2. The minimum atomic E-state index is 0.926. The van der Waals surface area contributed by atoms with Gasteiger partial charge in [0, 0.05) is 5.75 Å². The summed E-state index contributed by atoms with van der Waals surface area (Å²) in [6, 6.07) is 8.28. The fourth-order valence-corrected chi connectivity index (χ4v) is 2.18. The summed E-state index contributed by atoms with van der Waals surface area (Å²) < 4.78 is 5.11. The van der Waals surface area contributed by atoms with E-state index in [2.05, 4.69) is 18.7 Å². The molecule has 0 aliphatic carbocycles. The van der Waals surface area contributed by atoms with Crippen LogP contribution in [0.1, 0.15) is 18.4 Å². The van der Waals surface area contributed by atoms with Crippen LogP contribution in [-0.4, -0.2) is 12.9 Å². The van der Waals surface area contributed by atoms with E-state index in [1.165, 1.54) is 17.7 Å². The third kappa shape index (κ3) is 4.93. The van der Waals surface area contributed by atoms with Crippen LogP contribution in [0.4, 0.5) is 0 Å². The van der Waals surface area contributed by atoms with Crippen LogP contribution in [0.25, 0.3) is 0 Å². The van der Waals surface area contributed by atoms with Gasteiger partial charge in [0.1, 0.15) is 5.75 Å². The first-order valence-electron chi connectivity index (χ1n) is 5.18. The Kier molecular flexibility index (Phi) is 6.02. The molecule has 0 fully saturated rings. The minimum absolute atomic E-state index is 0.926. The standard InChI is InChI=1S/C13H18OS/c1-3-4-5-10-15-11-12-6-8-13(14-2)9-7-12/h3,6-9H,1,4-5,10-11H2,2H3. The van der Waals surface area contributed by atoms with Crippen molar-refractivity contribution in [2.75, 3.05) is 12.9 Å². The van der Waals surface area contributed by atoms with E-state index < -0.39 is 0 Å². The summed E-state index contributed by atoms with van der Waals surface area (Å²) in [5, 5.41) is 0. The van der Waals surface area contributed by atoms with E-state index in [0.29, 0.717) is 0 Å². The summed E-state index contributed by atoms with van der Waals surface area (Å²) in [6.07, 6.45) is 4.33. The lowest BCUT2D eigenvalue weighted by molar-refractivity contribution is 0.414. The number of benzene rings is 1. The summed E-state index contributed by atoms with van der Waals surface area (Å²) in [4.78, 5) is 0. The summed E-state index contributed by atoms with van der Waals surface area (Å²) in [5.41, 5.74) is 1.36. The molecule has 1 aromatic rings. The molecule has 0 spiro atoms. The second-order valence-electron chi connectivity index (χ2n) is 3.33. The summed E-state index contributed by atoms with van der Waals surface area (Å²) in [7, 11) is 1.69. The highest BCUT2D eigenvalue weighted by molar-refractivity contribution is 7.98. The number of unbranched alkanes of at least 4 members (excludes halogenated alkanes) is 1. The number of allylic oxidation sites excluding steroid dienone is 1. The Morgan fingerprint density at radius 2 is 2.07 bits per heavy atom. The van der Waals surface area contributed by atoms with Crippen molar-refractivity contribution in [3.63, 3.8) is 0 Å². The average Bonchev–Trinajstić information content (AvgIpc) is 2.30. The molecular formula is C13H18OS. The lowest BCUT2D eigenvalue weighted by atomic mass is 10.2. The fraction of sp³-hybridized carbons (Fsp3) is 0.385. The predicted octanol–water partition coefficient (Wildman–Crippen LogP) is 3.89. The van der Waals surface area contributed by atoms with Gasteiger partial charge in [-0.25, -0.2) is 0 Å². The van der Waals surface area contributed by atoms with Crippen molar-refractivity contribution in [2.45, 2.75) is 18.6 Å². The van der Waals surface area contributed by atoms with Gasteiger partial charge in [-0.1, -0.05) is 18.2 Å². The molecule has 0 N–H and O–H groups in total. The predicted molar refractivity (Wildman–Crippen MR) is 68.6 cm³/mol. The maximum Gasteiger partial charge on any atom is 0.118 e. The first-order valence-corrected chi connectivity index (χ1v) is 6.34. The zero-order valence-corrected chi connectivity index (χ0v) is 10.1. The van der Waals surface area contributed by atoms with E-state index in [4.69, 9.17) is 4.74 Å². The average molecular weight is 222 g/mol. The Labute approximate surface area is 96.5 Å². The fourth-order valence-electron chi connectivity index (χ4n) is 1.24. The maximum atomic E-state index is 5.11. The summed E-state index contributed by atoms with van der Waals surface area (Å²) in [6.45, 7) is 3.71. The highest BCUT2D eigenvalue weighted by Crippen LogP contribution is 2.17. The number of thioether (sulfide) groups is 1. The van der Waals surface area contributed by atoms with Gasteiger partial charge in [0.25, 0.3) is 0 Å². The van der Waals surface area contributed by atoms with Gasteiger partial charge in [-0.05, 0) is 36.3 Å². The first-order chi connectivity index (χ1) is 7.36. The quantitative estimate of drug-likeness (QED) is 0.511. The minimum Gasteiger partial charge on any atom is -0.497 e. The van der Waals surface area contributed by atoms with E-state index in [9.17, 15) is 0 Å². The molecule has 0 aliphatic heterocycles. The molecule has 0 radical (unpaired) electrons. The van der Waals surface area contributed by atoms with E-state index in [1.54, 1.807) is 7.11 Å². The van der Waals surface area contributed by atoms with Crippen LogP contribution in [0.3, 0.4) is 0 Å². The van der Waals surface area contributed by atoms with Gasteiger partial charge in [-0.3, -0.25) is 0 Å². The van der Waals surface area contributed by atoms with Gasteiger partial charge in [-0.15, -0.1) is 6.58 Å². The molecule has 1 aromatic carbocycles. The van der Waals surface area contributed by atoms with Crippen molar-refractivity contribution in [3.05, 3.63) is 42.5 Å². The van der Waals surface area contributed by atoms with Crippen LogP contribution in [0, 0.1) is 0 Å². The SMILES string of the molecule is C=CCCCSCc1ccc(OC)cc1. The molecule has 0 saturated heterocycles. The van der Waals surface area contributed by atoms with Crippen molar-refractivity contribution >= 4 is 11.8 Å². The highest BCUT2D eigenvalue weighted by Gasteiger charge is 1.94. The topological polar surface area (TPSA) is 9.23 Å². The van der Waals surface area contributed by atoms with E-state index >= 15 is 0 Å². The van der Waals surface area contributed by atoms with Crippen LogP contribution in [0.2, 0.25) is 0 Å². The Hall–Kier alpha value is -0.890. The van der Waals surface area contributed by atoms with Crippen LogP contribution >= 0.6 is 11.8 Å². The number of ether oxygens (including phenoxy) is 1. The number of rotatable bonds is 7. The highest BCUT2D eigenvalue weighted by atomic mass is 32.2. The van der Waals surface area contributed by atoms with E-state index in [-0.39, 0.29) is 0 Å². The van der Waals surface area contributed by atoms with Gasteiger partial charge in [-0.2, -0.15) is 11.8 Å². The van der Waals surface area contributed by atoms with Gasteiger partial charge >= 0.3 is 0 Å². The molecule has 0 atom stereocenters. The van der Waals surface area contributed by atoms with Gasteiger partial charge in [0.2, 0.25) is 0 Å². The van der Waals surface area contributed by atoms with Crippen molar-refractivity contribution in [1.82, 2.24) is 0 Å². The third-order valence-electron chi connectivity index (χ3n) is 2.12. The molecule has 0 amide bonds. The van der Waals surface area contributed by atoms with Gasteiger partial charge in [0.05, 0.1) is 7.11 Å². The van der Waals surface area contributed by atoms with Crippen LogP contribution < -0.4 is 4.74 Å². The van der Waals surface area contributed by atoms with Gasteiger partial charge < -0.3 is 4.74 Å². The molecule has 2 heteroatoms. The summed E-state index contributed by atoms with van der Waals surface area (Å²) >= 11 is 1.97. The Balaban J connectivity index is 2.22. The van der Waals surface area contributed by atoms with Gasteiger partial charge in [0.15, 0.2) is 0 Å². The normalized spacial score (nSPS) is 9.93. The second kappa shape index (κ2) is 7.41. The molecule has 15 heavy (non-hydrogen) atoms. The van der Waals surface area contributed by atoms with E-state index in [1.807, 2.05) is 30.0 Å². The molecular weight excluding hydrogens is 204 g/mol. The number of methoxy groups -OCH3 is 1. The number of hydrogen-bond donors (Lipinski definition) is 0. The van der Waals surface area contributed by atoms with Crippen LogP contribution in [0.5, 0.6) is 5.75 Å². The lowest BCUT2D eigenvalue weighted by Gasteiger charge is -2.03. The molecule has 0 aromatic heterocycles. The Morgan fingerprint density at radius 1 is 1.33 bits per heavy atom. The summed E-state index contributed by atoms with van der Waals surface area (Å²) in [5.74, 6) is 3.22. The third-order valence-corrected chi connectivity index (χ3v) is 3.24. The van der Waals surface area contributed by atoms with Crippen molar-refractivity contribution in [1.29, 1.82) is 0 Å². The molecule has 0 bridgehead atoms. The lowest BCUT2D eigenvalue weighted by Crippen LogP contribution is -1.85. The monoisotopic (exact) mass is 222 g/mol. The van der Waals surface area contributed by atoms with E-state index in [0.717, 1.165) is 17.9 Å².